The molecule has 0 aliphatic heterocycles. The molecular weight excluding hydrogens is 298 g/mol. The zero-order valence-corrected chi connectivity index (χ0v) is 13.0. The van der Waals surface area contributed by atoms with Gasteiger partial charge in [-0.3, -0.25) is 4.72 Å². The number of thiophene rings is 1. The number of rotatable bonds is 5. The highest BCUT2D eigenvalue weighted by atomic mass is 32.2. The lowest BCUT2D eigenvalue weighted by Crippen LogP contribution is -2.12. The average molecular weight is 313 g/mol. The van der Waals surface area contributed by atoms with E-state index in [4.69, 9.17) is 9.47 Å². The lowest BCUT2D eigenvalue weighted by atomic mass is 10.2. The number of hydrogen-bond donors (Lipinski definition) is 1. The first-order valence-corrected chi connectivity index (χ1v) is 8.13. The topological polar surface area (TPSA) is 64.6 Å². The Morgan fingerprint density at radius 3 is 2.40 bits per heavy atom. The number of ether oxygens (including phenoxy) is 2. The van der Waals surface area contributed by atoms with Gasteiger partial charge in [0.15, 0.2) is 0 Å². The summed E-state index contributed by atoms with van der Waals surface area (Å²) >= 11 is 1.15. The van der Waals surface area contributed by atoms with Crippen molar-refractivity contribution in [1.29, 1.82) is 0 Å². The molecule has 20 heavy (non-hydrogen) atoms. The normalized spacial score (nSPS) is 11.2. The quantitative estimate of drug-likeness (QED) is 0.922. The van der Waals surface area contributed by atoms with Gasteiger partial charge in [0.1, 0.15) is 15.7 Å². The molecule has 1 N–H and O–H groups in total. The molecule has 108 valence electrons. The summed E-state index contributed by atoms with van der Waals surface area (Å²) in [5.74, 6) is 1.04. The molecule has 0 aliphatic carbocycles. The van der Waals surface area contributed by atoms with Crippen LogP contribution in [0.4, 0.5) is 5.69 Å². The summed E-state index contributed by atoms with van der Waals surface area (Å²) in [6, 6.07) is 6.57. The van der Waals surface area contributed by atoms with Crippen molar-refractivity contribution in [1.82, 2.24) is 0 Å². The van der Waals surface area contributed by atoms with Gasteiger partial charge >= 0.3 is 0 Å². The SMILES string of the molecule is COc1cc(NS(=O)(=O)c2cccs2)c(OC)cc1C. The van der Waals surface area contributed by atoms with E-state index in [1.54, 1.807) is 29.6 Å². The maximum Gasteiger partial charge on any atom is 0.271 e. The van der Waals surface area contributed by atoms with Gasteiger partial charge in [-0.05, 0) is 30.0 Å². The fourth-order valence-electron chi connectivity index (χ4n) is 1.74. The van der Waals surface area contributed by atoms with Crippen molar-refractivity contribution in [3.05, 3.63) is 35.2 Å². The van der Waals surface area contributed by atoms with Crippen molar-refractivity contribution in [2.24, 2.45) is 0 Å². The van der Waals surface area contributed by atoms with E-state index < -0.39 is 10.0 Å². The molecule has 2 rings (SSSR count). The van der Waals surface area contributed by atoms with E-state index in [9.17, 15) is 8.42 Å². The highest BCUT2D eigenvalue weighted by Gasteiger charge is 2.18. The Balaban J connectivity index is 2.43. The molecule has 0 unspecified atom stereocenters. The number of methoxy groups -OCH3 is 2. The largest absolute Gasteiger partial charge is 0.496 e. The Kier molecular flexibility index (Phi) is 4.20. The van der Waals surface area contributed by atoms with E-state index in [1.165, 1.54) is 14.2 Å². The molecule has 1 aromatic carbocycles. The third kappa shape index (κ3) is 2.88. The van der Waals surface area contributed by atoms with Gasteiger partial charge in [-0.25, -0.2) is 8.42 Å². The number of nitrogens with one attached hydrogen (secondary N) is 1. The first-order chi connectivity index (χ1) is 9.47. The summed E-state index contributed by atoms with van der Waals surface area (Å²) in [6.07, 6.45) is 0. The number of sulfonamides is 1. The fourth-order valence-corrected chi connectivity index (χ4v) is 3.80. The lowest BCUT2D eigenvalue weighted by Gasteiger charge is -2.14. The molecule has 5 nitrogen and oxygen atoms in total. The summed E-state index contributed by atoms with van der Waals surface area (Å²) in [6.45, 7) is 1.86. The Morgan fingerprint density at radius 1 is 1.15 bits per heavy atom. The van der Waals surface area contributed by atoms with Crippen molar-refractivity contribution in [2.75, 3.05) is 18.9 Å². The van der Waals surface area contributed by atoms with Crippen LogP contribution >= 0.6 is 11.3 Å². The van der Waals surface area contributed by atoms with Crippen molar-refractivity contribution < 1.29 is 17.9 Å². The maximum atomic E-state index is 12.2. The third-order valence-electron chi connectivity index (χ3n) is 2.72. The van der Waals surface area contributed by atoms with Gasteiger partial charge in [-0.2, -0.15) is 0 Å². The van der Waals surface area contributed by atoms with Gasteiger partial charge in [0.25, 0.3) is 10.0 Å². The maximum absolute atomic E-state index is 12.2. The molecule has 0 atom stereocenters. The standard InChI is InChI=1S/C13H15NO4S2/c1-9-7-12(18-3)10(8-11(9)17-2)14-20(15,16)13-5-4-6-19-13/h4-8,14H,1-3H3. The molecule has 0 spiro atoms. The summed E-state index contributed by atoms with van der Waals surface area (Å²) in [7, 11) is -0.583. The van der Waals surface area contributed by atoms with Crippen LogP contribution in [0.1, 0.15) is 5.56 Å². The molecule has 0 bridgehead atoms. The van der Waals surface area contributed by atoms with E-state index in [-0.39, 0.29) is 4.21 Å². The summed E-state index contributed by atoms with van der Waals surface area (Å²) in [5, 5.41) is 1.71. The van der Waals surface area contributed by atoms with E-state index >= 15 is 0 Å². The van der Waals surface area contributed by atoms with Crippen LogP contribution in [-0.4, -0.2) is 22.6 Å². The van der Waals surface area contributed by atoms with Gasteiger partial charge in [0, 0.05) is 6.07 Å². The molecule has 1 heterocycles. The fraction of sp³-hybridized carbons (Fsp3) is 0.231. The number of benzene rings is 1. The molecule has 7 heteroatoms. The van der Waals surface area contributed by atoms with Gasteiger partial charge in [-0.15, -0.1) is 11.3 Å². The molecule has 0 aliphatic rings. The van der Waals surface area contributed by atoms with E-state index in [1.807, 2.05) is 6.92 Å². The van der Waals surface area contributed by atoms with E-state index in [0.29, 0.717) is 17.2 Å². The minimum absolute atomic E-state index is 0.249. The average Bonchev–Trinajstić information content (AvgIpc) is 2.94. The smallest absolute Gasteiger partial charge is 0.271 e. The van der Waals surface area contributed by atoms with Gasteiger partial charge in [0.05, 0.1) is 19.9 Å². The van der Waals surface area contributed by atoms with Crippen molar-refractivity contribution in [2.45, 2.75) is 11.1 Å². The van der Waals surface area contributed by atoms with Crippen molar-refractivity contribution in [3.8, 4) is 11.5 Å². The number of aryl methyl sites for hydroxylation is 1. The van der Waals surface area contributed by atoms with E-state index in [0.717, 1.165) is 16.9 Å². The first-order valence-electron chi connectivity index (χ1n) is 5.77. The molecule has 0 saturated carbocycles. The second kappa shape index (κ2) is 5.72. The highest BCUT2D eigenvalue weighted by molar-refractivity contribution is 7.94. The van der Waals surface area contributed by atoms with Crippen LogP contribution in [0.3, 0.4) is 0 Å². The minimum atomic E-state index is -3.61. The van der Waals surface area contributed by atoms with Gasteiger partial charge < -0.3 is 9.47 Å². The molecule has 2 aromatic rings. The molecule has 0 radical (unpaired) electrons. The number of anilines is 1. The van der Waals surface area contributed by atoms with Crippen LogP contribution in [0.5, 0.6) is 11.5 Å². The third-order valence-corrected chi connectivity index (χ3v) is 5.48. The monoisotopic (exact) mass is 313 g/mol. The summed E-state index contributed by atoms with van der Waals surface area (Å²) in [5.41, 5.74) is 1.21. The van der Waals surface area contributed by atoms with Gasteiger partial charge in [-0.1, -0.05) is 6.07 Å². The summed E-state index contributed by atoms with van der Waals surface area (Å²) < 4.78 is 37.6. The Hall–Kier alpha value is -1.73. The molecule has 1 aromatic heterocycles. The highest BCUT2D eigenvalue weighted by Crippen LogP contribution is 2.34. The molecule has 0 saturated heterocycles. The Labute approximate surface area is 122 Å². The zero-order chi connectivity index (χ0) is 14.8. The second-order valence-corrected chi connectivity index (χ2v) is 6.92. The van der Waals surface area contributed by atoms with Crippen molar-refractivity contribution in [3.63, 3.8) is 0 Å². The van der Waals surface area contributed by atoms with Crippen molar-refractivity contribution >= 4 is 27.0 Å². The molecule has 0 fully saturated rings. The number of hydrogen-bond acceptors (Lipinski definition) is 5. The molecule has 0 amide bonds. The molecular formula is C13H15NO4S2. The first kappa shape index (κ1) is 14.7. The Morgan fingerprint density at radius 2 is 1.85 bits per heavy atom. The van der Waals surface area contributed by atoms with Gasteiger partial charge in [0.2, 0.25) is 0 Å². The second-order valence-electron chi connectivity index (χ2n) is 4.06. The predicted octanol–water partition coefficient (Wildman–Crippen LogP) is 2.87. The van der Waals surface area contributed by atoms with Crippen LogP contribution in [0.2, 0.25) is 0 Å². The minimum Gasteiger partial charge on any atom is -0.496 e. The van der Waals surface area contributed by atoms with Crippen LogP contribution in [0.25, 0.3) is 0 Å². The van der Waals surface area contributed by atoms with Crippen LogP contribution < -0.4 is 14.2 Å². The lowest BCUT2D eigenvalue weighted by molar-refractivity contribution is 0.402. The predicted molar refractivity (Wildman–Crippen MR) is 79.4 cm³/mol. The zero-order valence-electron chi connectivity index (χ0n) is 11.3. The Bertz CT molecular complexity index is 693. The van der Waals surface area contributed by atoms with Crippen LogP contribution in [0, 0.1) is 6.92 Å². The van der Waals surface area contributed by atoms with E-state index in [2.05, 4.69) is 4.72 Å². The summed E-state index contributed by atoms with van der Waals surface area (Å²) in [4.78, 5) is 0. The van der Waals surface area contributed by atoms with Crippen LogP contribution in [-0.2, 0) is 10.0 Å². The van der Waals surface area contributed by atoms with Crippen LogP contribution in [0.15, 0.2) is 33.9 Å².